The quantitative estimate of drug-likeness (QED) is 0.792. The molecule has 0 spiro atoms. The van der Waals surface area contributed by atoms with Crippen LogP contribution in [0.25, 0.3) is 0 Å². The summed E-state index contributed by atoms with van der Waals surface area (Å²) < 4.78 is 0. The van der Waals surface area contributed by atoms with Crippen molar-refractivity contribution in [2.75, 3.05) is 5.32 Å². The minimum Gasteiger partial charge on any atom is -0.381 e. The van der Waals surface area contributed by atoms with Crippen molar-refractivity contribution in [1.82, 2.24) is 0 Å². The van der Waals surface area contributed by atoms with Crippen LogP contribution in [0.2, 0.25) is 0 Å². The summed E-state index contributed by atoms with van der Waals surface area (Å²) in [6, 6.07) is 18.8. The maximum atomic E-state index is 3.40. The normalized spacial score (nSPS) is 9.93. The highest BCUT2D eigenvalue weighted by atomic mass is 14.9. The van der Waals surface area contributed by atoms with E-state index in [0.717, 1.165) is 6.54 Å². The molecule has 0 saturated heterocycles. The Kier molecular flexibility index (Phi) is 3.03. The molecule has 0 aromatic heterocycles. The van der Waals surface area contributed by atoms with Crippen LogP contribution in [0.1, 0.15) is 11.1 Å². The average molecular weight is 197 g/mol. The molecule has 2 rings (SSSR count). The van der Waals surface area contributed by atoms with E-state index in [1.54, 1.807) is 0 Å². The Balaban J connectivity index is 1.99. The van der Waals surface area contributed by atoms with Crippen LogP contribution < -0.4 is 5.32 Å². The fourth-order valence-corrected chi connectivity index (χ4v) is 1.56. The lowest BCUT2D eigenvalue weighted by Gasteiger charge is -2.06. The van der Waals surface area contributed by atoms with E-state index in [4.69, 9.17) is 0 Å². The van der Waals surface area contributed by atoms with E-state index >= 15 is 0 Å². The molecule has 0 radical (unpaired) electrons. The predicted molar refractivity (Wildman–Crippen MR) is 64.9 cm³/mol. The van der Waals surface area contributed by atoms with Crippen molar-refractivity contribution >= 4 is 5.69 Å². The zero-order chi connectivity index (χ0) is 10.5. The lowest BCUT2D eigenvalue weighted by Crippen LogP contribution is -1.98. The summed E-state index contributed by atoms with van der Waals surface area (Å²) in [7, 11) is 0. The number of benzene rings is 2. The van der Waals surface area contributed by atoms with E-state index < -0.39 is 0 Å². The van der Waals surface area contributed by atoms with Crippen LogP contribution in [0.4, 0.5) is 5.69 Å². The van der Waals surface area contributed by atoms with Crippen LogP contribution >= 0.6 is 0 Å². The van der Waals surface area contributed by atoms with Crippen molar-refractivity contribution in [2.24, 2.45) is 0 Å². The van der Waals surface area contributed by atoms with Crippen LogP contribution in [-0.2, 0) is 6.54 Å². The van der Waals surface area contributed by atoms with Crippen LogP contribution in [0.3, 0.4) is 0 Å². The van der Waals surface area contributed by atoms with Gasteiger partial charge in [0.15, 0.2) is 0 Å². The molecule has 2 aromatic rings. The molecule has 0 amide bonds. The van der Waals surface area contributed by atoms with E-state index in [2.05, 4.69) is 60.8 Å². The Morgan fingerprint density at radius 3 is 2.47 bits per heavy atom. The summed E-state index contributed by atoms with van der Waals surface area (Å²) >= 11 is 0. The summed E-state index contributed by atoms with van der Waals surface area (Å²) in [4.78, 5) is 0. The zero-order valence-corrected chi connectivity index (χ0v) is 8.90. The number of hydrogen-bond acceptors (Lipinski definition) is 1. The second kappa shape index (κ2) is 4.65. The monoisotopic (exact) mass is 197 g/mol. The summed E-state index contributed by atoms with van der Waals surface area (Å²) in [5.41, 5.74) is 3.77. The molecule has 0 aliphatic heterocycles. The molecule has 0 bridgehead atoms. The summed E-state index contributed by atoms with van der Waals surface area (Å²) in [6.07, 6.45) is 0. The fourth-order valence-electron chi connectivity index (χ4n) is 1.56. The van der Waals surface area contributed by atoms with Gasteiger partial charge in [0, 0.05) is 12.2 Å². The SMILES string of the molecule is Cc1cccc(NCc2ccccc2)c1. The third kappa shape index (κ3) is 2.84. The lowest BCUT2D eigenvalue weighted by molar-refractivity contribution is 1.15. The number of aryl methyl sites for hydroxylation is 1. The Hall–Kier alpha value is -1.76. The van der Waals surface area contributed by atoms with Crippen LogP contribution in [0.5, 0.6) is 0 Å². The molecular weight excluding hydrogens is 182 g/mol. The second-order valence-corrected chi connectivity index (χ2v) is 3.71. The molecule has 1 heteroatoms. The van der Waals surface area contributed by atoms with Crippen molar-refractivity contribution in [2.45, 2.75) is 13.5 Å². The first kappa shape index (κ1) is 9.78. The van der Waals surface area contributed by atoms with Gasteiger partial charge in [0.25, 0.3) is 0 Å². The molecule has 0 atom stereocenters. The fraction of sp³-hybridized carbons (Fsp3) is 0.143. The summed E-state index contributed by atoms with van der Waals surface area (Å²) in [5.74, 6) is 0. The van der Waals surface area contributed by atoms with Gasteiger partial charge in [0.2, 0.25) is 0 Å². The Labute approximate surface area is 90.8 Å². The molecular formula is C14H15N. The number of hydrogen-bond donors (Lipinski definition) is 1. The van der Waals surface area contributed by atoms with Crippen LogP contribution in [-0.4, -0.2) is 0 Å². The minimum absolute atomic E-state index is 0.879. The molecule has 76 valence electrons. The lowest BCUT2D eigenvalue weighted by atomic mass is 10.2. The van der Waals surface area contributed by atoms with Gasteiger partial charge in [-0.05, 0) is 30.2 Å². The Bertz CT molecular complexity index is 420. The first-order chi connectivity index (χ1) is 7.34. The van der Waals surface area contributed by atoms with Crippen molar-refractivity contribution in [3.8, 4) is 0 Å². The van der Waals surface area contributed by atoms with Gasteiger partial charge in [0.1, 0.15) is 0 Å². The maximum Gasteiger partial charge on any atom is 0.0400 e. The van der Waals surface area contributed by atoms with Gasteiger partial charge < -0.3 is 5.32 Å². The summed E-state index contributed by atoms with van der Waals surface area (Å²) in [6.45, 7) is 2.98. The summed E-state index contributed by atoms with van der Waals surface area (Å²) in [5, 5.41) is 3.40. The van der Waals surface area contributed by atoms with E-state index in [-0.39, 0.29) is 0 Å². The zero-order valence-electron chi connectivity index (χ0n) is 8.90. The molecule has 1 nitrogen and oxygen atoms in total. The Morgan fingerprint density at radius 1 is 0.933 bits per heavy atom. The highest BCUT2D eigenvalue weighted by Gasteiger charge is 1.93. The third-order valence-electron chi connectivity index (χ3n) is 2.36. The van der Waals surface area contributed by atoms with Crippen molar-refractivity contribution in [1.29, 1.82) is 0 Å². The smallest absolute Gasteiger partial charge is 0.0400 e. The molecule has 0 heterocycles. The molecule has 0 fully saturated rings. The topological polar surface area (TPSA) is 12.0 Å². The molecule has 0 saturated carbocycles. The van der Waals surface area contributed by atoms with Crippen LogP contribution in [0.15, 0.2) is 54.6 Å². The Morgan fingerprint density at radius 2 is 1.73 bits per heavy atom. The van der Waals surface area contributed by atoms with Gasteiger partial charge in [-0.3, -0.25) is 0 Å². The minimum atomic E-state index is 0.879. The molecule has 2 aromatic carbocycles. The predicted octanol–water partition coefficient (Wildman–Crippen LogP) is 3.61. The average Bonchev–Trinajstić information content (AvgIpc) is 2.28. The van der Waals surface area contributed by atoms with E-state index in [0.29, 0.717) is 0 Å². The molecule has 0 unspecified atom stereocenters. The van der Waals surface area contributed by atoms with Gasteiger partial charge in [0.05, 0.1) is 0 Å². The highest BCUT2D eigenvalue weighted by Crippen LogP contribution is 2.11. The molecule has 1 N–H and O–H groups in total. The largest absolute Gasteiger partial charge is 0.381 e. The second-order valence-electron chi connectivity index (χ2n) is 3.71. The van der Waals surface area contributed by atoms with Crippen molar-refractivity contribution in [3.63, 3.8) is 0 Å². The van der Waals surface area contributed by atoms with Crippen LogP contribution in [0, 0.1) is 6.92 Å². The van der Waals surface area contributed by atoms with Crippen molar-refractivity contribution < 1.29 is 0 Å². The first-order valence-electron chi connectivity index (χ1n) is 5.19. The third-order valence-corrected chi connectivity index (χ3v) is 2.36. The standard InChI is InChI=1S/C14H15N/c1-12-6-5-9-14(10-12)15-11-13-7-3-2-4-8-13/h2-10,15H,11H2,1H3. The number of rotatable bonds is 3. The van der Waals surface area contributed by atoms with E-state index in [9.17, 15) is 0 Å². The van der Waals surface area contributed by atoms with Gasteiger partial charge in [-0.25, -0.2) is 0 Å². The van der Waals surface area contributed by atoms with Gasteiger partial charge in [-0.1, -0.05) is 42.5 Å². The van der Waals surface area contributed by atoms with Gasteiger partial charge in [-0.15, -0.1) is 0 Å². The molecule has 0 aliphatic carbocycles. The van der Waals surface area contributed by atoms with Crippen molar-refractivity contribution in [3.05, 3.63) is 65.7 Å². The van der Waals surface area contributed by atoms with E-state index in [1.807, 2.05) is 6.07 Å². The highest BCUT2D eigenvalue weighted by molar-refractivity contribution is 5.45. The molecule has 0 aliphatic rings. The molecule has 15 heavy (non-hydrogen) atoms. The van der Waals surface area contributed by atoms with E-state index in [1.165, 1.54) is 16.8 Å². The number of nitrogens with one attached hydrogen (secondary N) is 1. The van der Waals surface area contributed by atoms with Gasteiger partial charge in [-0.2, -0.15) is 0 Å². The number of anilines is 1. The first-order valence-corrected chi connectivity index (χ1v) is 5.19. The maximum absolute atomic E-state index is 3.40. The van der Waals surface area contributed by atoms with Gasteiger partial charge >= 0.3 is 0 Å².